The molecule has 1 aromatic carbocycles. The summed E-state index contributed by atoms with van der Waals surface area (Å²) >= 11 is 0. The largest absolute Gasteiger partial charge is 0.342 e. The second-order valence-electron chi connectivity index (χ2n) is 8.36. The summed E-state index contributed by atoms with van der Waals surface area (Å²) in [6.45, 7) is 5.65. The van der Waals surface area contributed by atoms with Crippen molar-refractivity contribution in [3.63, 3.8) is 0 Å². The number of nitrogens with zero attached hydrogens (tertiary/aromatic N) is 2. The van der Waals surface area contributed by atoms with Gasteiger partial charge in [-0.05, 0) is 49.9 Å². The number of likely N-dealkylation sites (tertiary alicyclic amines) is 1. The smallest absolute Gasteiger partial charge is 0.269 e. The molecule has 3 rings (SSSR count). The van der Waals surface area contributed by atoms with E-state index in [0.717, 1.165) is 19.3 Å². The van der Waals surface area contributed by atoms with Crippen LogP contribution in [-0.4, -0.2) is 61.5 Å². The van der Waals surface area contributed by atoms with E-state index in [1.807, 2.05) is 13.8 Å². The zero-order valence-corrected chi connectivity index (χ0v) is 18.8. The van der Waals surface area contributed by atoms with Crippen LogP contribution in [0.3, 0.4) is 0 Å². The molecule has 2 saturated heterocycles. The third-order valence-electron chi connectivity index (χ3n) is 5.72. The summed E-state index contributed by atoms with van der Waals surface area (Å²) in [6.07, 6.45) is 3.08. The molecule has 10 heteroatoms. The Morgan fingerprint density at radius 3 is 2.23 bits per heavy atom. The van der Waals surface area contributed by atoms with E-state index >= 15 is 0 Å². The number of carbonyl (C=O) groups is 3. The van der Waals surface area contributed by atoms with Crippen LogP contribution in [0.2, 0.25) is 0 Å². The monoisotopic (exact) mass is 450 g/mol. The summed E-state index contributed by atoms with van der Waals surface area (Å²) in [5.74, 6) is -1.37. The standard InChI is InChI=1S/C21H30N4O5S/c1-15(2)21(28)24-11-5-6-17(14-24)20(27)23-22-19(26)16-7-9-18(10-8-16)31(29,30)25-12-3-4-13-25/h7-10,15,17H,3-6,11-14H2,1-2H3,(H,22,26)(H,23,27). The molecule has 170 valence electrons. The van der Waals surface area contributed by atoms with Gasteiger partial charge in [0.15, 0.2) is 0 Å². The van der Waals surface area contributed by atoms with Crippen LogP contribution in [0.5, 0.6) is 0 Å². The summed E-state index contributed by atoms with van der Waals surface area (Å²) < 4.78 is 26.6. The Morgan fingerprint density at radius 1 is 0.968 bits per heavy atom. The topological polar surface area (TPSA) is 116 Å². The molecule has 1 unspecified atom stereocenters. The van der Waals surface area contributed by atoms with Gasteiger partial charge in [-0.25, -0.2) is 8.42 Å². The minimum Gasteiger partial charge on any atom is -0.342 e. The first-order valence-corrected chi connectivity index (χ1v) is 12.1. The Hall–Kier alpha value is -2.46. The Morgan fingerprint density at radius 2 is 1.61 bits per heavy atom. The highest BCUT2D eigenvalue weighted by molar-refractivity contribution is 7.89. The fourth-order valence-corrected chi connectivity index (χ4v) is 5.42. The molecule has 31 heavy (non-hydrogen) atoms. The summed E-state index contributed by atoms with van der Waals surface area (Å²) in [5, 5.41) is 0. The lowest BCUT2D eigenvalue weighted by atomic mass is 9.96. The van der Waals surface area contributed by atoms with E-state index < -0.39 is 15.9 Å². The fourth-order valence-electron chi connectivity index (χ4n) is 3.90. The normalized spacial score (nSPS) is 20.0. The molecule has 1 atom stereocenters. The van der Waals surface area contributed by atoms with Gasteiger partial charge in [-0.2, -0.15) is 4.31 Å². The minimum atomic E-state index is -3.54. The molecule has 0 bridgehead atoms. The molecule has 2 aliphatic rings. The average Bonchev–Trinajstić information content (AvgIpc) is 3.32. The van der Waals surface area contributed by atoms with Gasteiger partial charge in [0.05, 0.1) is 10.8 Å². The van der Waals surface area contributed by atoms with Crippen LogP contribution in [0.1, 0.15) is 49.9 Å². The van der Waals surface area contributed by atoms with E-state index in [0.29, 0.717) is 32.6 Å². The second kappa shape index (κ2) is 9.78. The zero-order valence-electron chi connectivity index (χ0n) is 18.0. The Bertz CT molecular complexity index is 924. The van der Waals surface area contributed by atoms with Gasteiger partial charge in [-0.3, -0.25) is 25.2 Å². The number of benzene rings is 1. The molecule has 0 aromatic heterocycles. The van der Waals surface area contributed by atoms with Crippen molar-refractivity contribution in [2.45, 2.75) is 44.4 Å². The van der Waals surface area contributed by atoms with Crippen molar-refractivity contribution in [1.82, 2.24) is 20.1 Å². The van der Waals surface area contributed by atoms with Crippen LogP contribution in [0.4, 0.5) is 0 Å². The lowest BCUT2D eigenvalue weighted by Gasteiger charge is -2.33. The van der Waals surface area contributed by atoms with Crippen LogP contribution >= 0.6 is 0 Å². The number of piperidine rings is 1. The van der Waals surface area contributed by atoms with Crippen molar-refractivity contribution in [2.75, 3.05) is 26.2 Å². The fraction of sp³-hybridized carbons (Fsp3) is 0.571. The number of hydrazine groups is 1. The third-order valence-corrected chi connectivity index (χ3v) is 7.63. The summed E-state index contributed by atoms with van der Waals surface area (Å²) in [6, 6.07) is 5.66. The lowest BCUT2D eigenvalue weighted by molar-refractivity contribution is -0.138. The molecule has 2 heterocycles. The zero-order chi connectivity index (χ0) is 22.6. The second-order valence-corrected chi connectivity index (χ2v) is 10.3. The van der Waals surface area contributed by atoms with Gasteiger partial charge in [-0.1, -0.05) is 13.8 Å². The van der Waals surface area contributed by atoms with Crippen LogP contribution in [-0.2, 0) is 19.6 Å². The number of carbonyl (C=O) groups excluding carboxylic acids is 3. The maximum Gasteiger partial charge on any atom is 0.269 e. The van der Waals surface area contributed by atoms with E-state index in [4.69, 9.17) is 0 Å². The SMILES string of the molecule is CC(C)C(=O)N1CCCC(C(=O)NNC(=O)c2ccc(S(=O)(=O)N3CCCC3)cc2)C1. The van der Waals surface area contributed by atoms with E-state index in [2.05, 4.69) is 10.9 Å². The number of sulfonamides is 1. The van der Waals surface area contributed by atoms with Crippen LogP contribution in [0.25, 0.3) is 0 Å². The molecule has 0 spiro atoms. The highest BCUT2D eigenvalue weighted by Crippen LogP contribution is 2.21. The number of hydrogen-bond acceptors (Lipinski definition) is 5. The van der Waals surface area contributed by atoms with Gasteiger partial charge in [0.25, 0.3) is 5.91 Å². The maximum absolute atomic E-state index is 12.6. The minimum absolute atomic E-state index is 0.0190. The molecule has 0 radical (unpaired) electrons. The first-order chi connectivity index (χ1) is 14.7. The molecule has 1 aromatic rings. The van der Waals surface area contributed by atoms with Crippen molar-refractivity contribution < 1.29 is 22.8 Å². The van der Waals surface area contributed by atoms with E-state index in [-0.39, 0.29) is 34.1 Å². The quantitative estimate of drug-likeness (QED) is 0.653. The van der Waals surface area contributed by atoms with Crippen molar-refractivity contribution in [2.24, 2.45) is 11.8 Å². The van der Waals surface area contributed by atoms with E-state index in [9.17, 15) is 22.8 Å². The van der Waals surface area contributed by atoms with Gasteiger partial charge in [0.2, 0.25) is 21.8 Å². The van der Waals surface area contributed by atoms with Gasteiger partial charge >= 0.3 is 0 Å². The first-order valence-electron chi connectivity index (χ1n) is 10.7. The maximum atomic E-state index is 12.6. The van der Waals surface area contributed by atoms with Crippen molar-refractivity contribution in [3.8, 4) is 0 Å². The summed E-state index contributed by atoms with van der Waals surface area (Å²) in [4.78, 5) is 38.8. The summed E-state index contributed by atoms with van der Waals surface area (Å²) in [7, 11) is -3.54. The lowest BCUT2D eigenvalue weighted by Crippen LogP contribution is -2.50. The summed E-state index contributed by atoms with van der Waals surface area (Å²) in [5.41, 5.74) is 5.04. The first kappa shape index (κ1) is 23.2. The molecule has 2 N–H and O–H groups in total. The molecule has 0 aliphatic carbocycles. The van der Waals surface area contributed by atoms with Crippen LogP contribution in [0.15, 0.2) is 29.2 Å². The molecule has 3 amide bonds. The van der Waals surface area contributed by atoms with Gasteiger partial charge in [0, 0.05) is 37.7 Å². The molecule has 2 aliphatic heterocycles. The Kier molecular flexibility index (Phi) is 7.32. The molecule has 2 fully saturated rings. The highest BCUT2D eigenvalue weighted by Gasteiger charge is 2.30. The van der Waals surface area contributed by atoms with Crippen molar-refractivity contribution in [3.05, 3.63) is 29.8 Å². The Balaban J connectivity index is 1.54. The van der Waals surface area contributed by atoms with Crippen molar-refractivity contribution >= 4 is 27.7 Å². The van der Waals surface area contributed by atoms with Gasteiger partial charge in [-0.15, -0.1) is 0 Å². The highest BCUT2D eigenvalue weighted by atomic mass is 32.2. The number of hydrogen-bond donors (Lipinski definition) is 2. The van der Waals surface area contributed by atoms with E-state index in [1.165, 1.54) is 28.6 Å². The Labute approximate surface area is 183 Å². The van der Waals surface area contributed by atoms with Crippen molar-refractivity contribution in [1.29, 1.82) is 0 Å². The molecule has 9 nitrogen and oxygen atoms in total. The number of nitrogens with one attached hydrogen (secondary N) is 2. The predicted molar refractivity (Wildman–Crippen MR) is 114 cm³/mol. The number of rotatable bonds is 5. The van der Waals surface area contributed by atoms with Crippen LogP contribution in [0, 0.1) is 11.8 Å². The van der Waals surface area contributed by atoms with E-state index in [1.54, 1.807) is 4.90 Å². The van der Waals surface area contributed by atoms with Crippen LogP contribution < -0.4 is 10.9 Å². The molecular formula is C21H30N4O5S. The number of amides is 3. The molecular weight excluding hydrogens is 420 g/mol. The molecule has 0 saturated carbocycles. The third kappa shape index (κ3) is 5.43. The predicted octanol–water partition coefficient (Wildman–Crippen LogP) is 1.13. The van der Waals surface area contributed by atoms with Gasteiger partial charge in [0.1, 0.15) is 0 Å². The van der Waals surface area contributed by atoms with Gasteiger partial charge < -0.3 is 4.90 Å². The average molecular weight is 451 g/mol.